The van der Waals surface area contributed by atoms with E-state index in [0.717, 1.165) is 5.75 Å². The van der Waals surface area contributed by atoms with Gasteiger partial charge in [-0.25, -0.2) is 0 Å². The molecule has 1 aliphatic carbocycles. The zero-order valence-corrected chi connectivity index (χ0v) is 11.4. The number of allylic oxidation sites excluding steroid dienone is 2. The van der Waals surface area contributed by atoms with E-state index in [4.69, 9.17) is 9.47 Å². The van der Waals surface area contributed by atoms with Gasteiger partial charge in [0.15, 0.2) is 0 Å². The molecule has 18 heavy (non-hydrogen) atoms. The minimum Gasteiger partial charge on any atom is -0.497 e. The third-order valence-corrected chi connectivity index (χ3v) is 3.59. The topological polar surface area (TPSA) is 18.5 Å². The molecule has 0 heterocycles. The summed E-state index contributed by atoms with van der Waals surface area (Å²) >= 11 is 0. The second-order valence-electron chi connectivity index (χ2n) is 5.08. The van der Waals surface area contributed by atoms with Crippen LogP contribution in [-0.4, -0.2) is 20.3 Å². The van der Waals surface area contributed by atoms with Gasteiger partial charge in [-0.15, -0.1) is 0 Å². The van der Waals surface area contributed by atoms with E-state index in [1.807, 2.05) is 12.1 Å². The van der Waals surface area contributed by atoms with Gasteiger partial charge in [-0.05, 0) is 23.3 Å². The molecule has 0 radical (unpaired) electrons. The Bertz CT molecular complexity index is 484. The summed E-state index contributed by atoms with van der Waals surface area (Å²) in [5, 5.41) is 0. The molecule has 1 aromatic carbocycles. The average molecular weight is 244 g/mol. The van der Waals surface area contributed by atoms with Crippen molar-refractivity contribution < 1.29 is 9.47 Å². The van der Waals surface area contributed by atoms with E-state index in [0.29, 0.717) is 0 Å². The predicted molar refractivity (Wildman–Crippen MR) is 74.7 cm³/mol. The van der Waals surface area contributed by atoms with Crippen molar-refractivity contribution in [2.24, 2.45) is 5.41 Å². The molecule has 2 rings (SSSR count). The lowest BCUT2D eigenvalue weighted by atomic mass is 9.73. The first-order valence-corrected chi connectivity index (χ1v) is 6.16. The Morgan fingerprint density at radius 1 is 1.17 bits per heavy atom. The van der Waals surface area contributed by atoms with Gasteiger partial charge < -0.3 is 9.47 Å². The summed E-state index contributed by atoms with van der Waals surface area (Å²) in [6, 6.07) is 8.16. The van der Waals surface area contributed by atoms with Crippen LogP contribution < -0.4 is 4.74 Å². The molecule has 1 aromatic rings. The fraction of sp³-hybridized carbons (Fsp3) is 0.375. The monoisotopic (exact) mass is 244 g/mol. The second-order valence-corrected chi connectivity index (χ2v) is 5.08. The third-order valence-electron chi connectivity index (χ3n) is 3.59. The third kappa shape index (κ3) is 2.21. The summed E-state index contributed by atoms with van der Waals surface area (Å²) in [5.74, 6) is 0.882. The molecule has 0 aliphatic heterocycles. The number of methoxy groups -OCH3 is 2. The van der Waals surface area contributed by atoms with Crippen molar-refractivity contribution in [1.82, 2.24) is 0 Å². The highest BCUT2D eigenvalue weighted by Crippen LogP contribution is 2.42. The van der Waals surface area contributed by atoms with Crippen molar-refractivity contribution in [3.05, 3.63) is 48.1 Å². The van der Waals surface area contributed by atoms with Crippen LogP contribution in [0, 0.1) is 5.41 Å². The van der Waals surface area contributed by atoms with E-state index < -0.39 is 0 Å². The van der Waals surface area contributed by atoms with Crippen molar-refractivity contribution in [2.75, 3.05) is 14.2 Å². The number of ether oxygens (including phenoxy) is 2. The molecule has 96 valence electrons. The molecule has 0 bridgehead atoms. The first-order chi connectivity index (χ1) is 8.59. The lowest BCUT2D eigenvalue weighted by Crippen LogP contribution is -2.32. The zero-order chi connectivity index (χ0) is 13.2. The standard InChI is InChI=1S/C16H20O2/c1-16(2)14(9-6-10-15(16)18-4)12-7-5-8-13(11-12)17-3/h5-11,15H,1-4H3. The summed E-state index contributed by atoms with van der Waals surface area (Å²) in [6.07, 6.45) is 6.42. The van der Waals surface area contributed by atoms with Crippen LogP contribution in [0.25, 0.3) is 5.57 Å². The summed E-state index contributed by atoms with van der Waals surface area (Å²) < 4.78 is 10.8. The van der Waals surface area contributed by atoms with Gasteiger partial charge in [-0.3, -0.25) is 0 Å². The summed E-state index contributed by atoms with van der Waals surface area (Å²) in [7, 11) is 3.45. The molecule has 0 amide bonds. The van der Waals surface area contributed by atoms with Crippen LogP contribution in [0.4, 0.5) is 0 Å². The summed E-state index contributed by atoms with van der Waals surface area (Å²) in [6.45, 7) is 4.41. The van der Waals surface area contributed by atoms with E-state index in [2.05, 4.69) is 44.2 Å². The average Bonchev–Trinajstić information content (AvgIpc) is 2.38. The molecule has 0 spiro atoms. The first kappa shape index (κ1) is 12.9. The van der Waals surface area contributed by atoms with Crippen LogP contribution in [0.2, 0.25) is 0 Å². The van der Waals surface area contributed by atoms with E-state index in [-0.39, 0.29) is 11.5 Å². The molecule has 0 N–H and O–H groups in total. The quantitative estimate of drug-likeness (QED) is 0.807. The molecular formula is C16H20O2. The highest BCUT2D eigenvalue weighted by Gasteiger charge is 2.34. The fourth-order valence-electron chi connectivity index (χ4n) is 2.49. The molecule has 0 saturated carbocycles. The minimum atomic E-state index is -0.0458. The molecule has 1 unspecified atom stereocenters. The molecule has 2 heteroatoms. The van der Waals surface area contributed by atoms with Crippen LogP contribution in [0.15, 0.2) is 42.5 Å². The lowest BCUT2D eigenvalue weighted by Gasteiger charge is -2.36. The Morgan fingerprint density at radius 3 is 2.61 bits per heavy atom. The van der Waals surface area contributed by atoms with Gasteiger partial charge in [-0.1, -0.05) is 44.2 Å². The molecule has 0 fully saturated rings. The second kappa shape index (κ2) is 4.99. The van der Waals surface area contributed by atoms with Crippen molar-refractivity contribution >= 4 is 5.57 Å². The number of hydrogen-bond acceptors (Lipinski definition) is 2. The van der Waals surface area contributed by atoms with Crippen molar-refractivity contribution in [1.29, 1.82) is 0 Å². The van der Waals surface area contributed by atoms with Gasteiger partial charge in [0.1, 0.15) is 5.75 Å². The minimum absolute atomic E-state index is 0.0458. The smallest absolute Gasteiger partial charge is 0.119 e. The Morgan fingerprint density at radius 2 is 1.94 bits per heavy atom. The maximum Gasteiger partial charge on any atom is 0.119 e. The van der Waals surface area contributed by atoms with Crippen LogP contribution in [0.1, 0.15) is 19.4 Å². The Hall–Kier alpha value is -1.54. The van der Waals surface area contributed by atoms with Crippen LogP contribution in [0.3, 0.4) is 0 Å². The highest BCUT2D eigenvalue weighted by molar-refractivity contribution is 5.74. The Labute approximate surface area is 109 Å². The highest BCUT2D eigenvalue weighted by atomic mass is 16.5. The molecule has 2 nitrogen and oxygen atoms in total. The lowest BCUT2D eigenvalue weighted by molar-refractivity contribution is 0.0726. The predicted octanol–water partition coefficient (Wildman–Crippen LogP) is 3.69. The van der Waals surface area contributed by atoms with Gasteiger partial charge in [0.2, 0.25) is 0 Å². The SMILES string of the molecule is COc1cccc(C2=CC=CC(OC)C2(C)C)c1. The van der Waals surface area contributed by atoms with Gasteiger partial charge in [-0.2, -0.15) is 0 Å². The normalized spacial score (nSPS) is 21.6. The molecule has 0 saturated heterocycles. The molecule has 0 aromatic heterocycles. The summed E-state index contributed by atoms with van der Waals surface area (Å²) in [4.78, 5) is 0. The molecular weight excluding hydrogens is 224 g/mol. The first-order valence-electron chi connectivity index (χ1n) is 6.16. The van der Waals surface area contributed by atoms with Crippen molar-refractivity contribution in [3.8, 4) is 5.75 Å². The van der Waals surface area contributed by atoms with E-state index in [1.165, 1.54) is 11.1 Å². The van der Waals surface area contributed by atoms with Crippen LogP contribution >= 0.6 is 0 Å². The van der Waals surface area contributed by atoms with E-state index >= 15 is 0 Å². The van der Waals surface area contributed by atoms with Gasteiger partial charge in [0.25, 0.3) is 0 Å². The Balaban J connectivity index is 2.43. The van der Waals surface area contributed by atoms with Crippen molar-refractivity contribution in [2.45, 2.75) is 20.0 Å². The Kier molecular flexibility index (Phi) is 3.58. The maximum atomic E-state index is 5.56. The van der Waals surface area contributed by atoms with E-state index in [9.17, 15) is 0 Å². The van der Waals surface area contributed by atoms with Crippen molar-refractivity contribution in [3.63, 3.8) is 0 Å². The molecule has 1 aliphatic rings. The van der Waals surface area contributed by atoms with Gasteiger partial charge in [0.05, 0.1) is 13.2 Å². The number of rotatable bonds is 3. The van der Waals surface area contributed by atoms with Crippen LogP contribution in [-0.2, 0) is 4.74 Å². The maximum absolute atomic E-state index is 5.56. The van der Waals surface area contributed by atoms with Crippen LogP contribution in [0.5, 0.6) is 5.75 Å². The largest absolute Gasteiger partial charge is 0.497 e. The zero-order valence-electron chi connectivity index (χ0n) is 11.4. The number of hydrogen-bond donors (Lipinski definition) is 0. The fourth-order valence-corrected chi connectivity index (χ4v) is 2.49. The van der Waals surface area contributed by atoms with E-state index in [1.54, 1.807) is 14.2 Å². The van der Waals surface area contributed by atoms with Gasteiger partial charge in [0, 0.05) is 12.5 Å². The summed E-state index contributed by atoms with van der Waals surface area (Å²) in [5.41, 5.74) is 2.41. The van der Waals surface area contributed by atoms with Gasteiger partial charge >= 0.3 is 0 Å². The molecule has 1 atom stereocenters. The number of benzene rings is 1.